The molecule has 206 valence electrons. The van der Waals surface area contributed by atoms with E-state index in [9.17, 15) is 14.4 Å². The second-order valence-corrected chi connectivity index (χ2v) is 13.5. The molecule has 3 saturated carbocycles. The zero-order chi connectivity index (χ0) is 27.1. The maximum atomic E-state index is 12.9. The van der Waals surface area contributed by atoms with Gasteiger partial charge in [0.05, 0.1) is 11.9 Å². The lowest BCUT2D eigenvalue weighted by Gasteiger charge is -2.62. The predicted octanol–water partition coefficient (Wildman–Crippen LogP) is 4.25. The highest BCUT2D eigenvalue weighted by atomic mass is 79.9. The number of carbonyl (C=O) groups is 2. The van der Waals surface area contributed by atoms with Crippen molar-refractivity contribution in [2.75, 3.05) is 25.0 Å². The molecule has 10 heteroatoms. The van der Waals surface area contributed by atoms with E-state index >= 15 is 0 Å². The third-order valence-corrected chi connectivity index (χ3v) is 9.59. The Morgan fingerprint density at radius 2 is 1.89 bits per heavy atom. The molecule has 4 aliphatic rings. The minimum atomic E-state index is -0.511. The summed E-state index contributed by atoms with van der Waals surface area (Å²) in [5, 5.41) is 10.8. The highest BCUT2D eigenvalue weighted by Gasteiger charge is 2.56. The number of hydrogen-bond acceptors (Lipinski definition) is 6. The molecule has 2 bridgehead atoms. The number of piperidine rings is 1. The Bertz CT molecular complexity index is 1070. The van der Waals surface area contributed by atoms with Crippen LogP contribution in [0.15, 0.2) is 15.5 Å². The topological polar surface area (TPSA) is 106 Å². The van der Waals surface area contributed by atoms with E-state index in [2.05, 4.69) is 52.4 Å². The Hall–Kier alpha value is -2.10. The number of aromatic nitrogens is 2. The van der Waals surface area contributed by atoms with Crippen molar-refractivity contribution in [3.8, 4) is 0 Å². The number of anilines is 1. The second-order valence-electron chi connectivity index (χ2n) is 12.8. The van der Waals surface area contributed by atoms with E-state index in [0.29, 0.717) is 59.0 Å². The minimum Gasteiger partial charge on any atom is -0.444 e. The highest BCUT2D eigenvalue weighted by molar-refractivity contribution is 9.10. The molecule has 1 aromatic rings. The van der Waals surface area contributed by atoms with Crippen LogP contribution in [0, 0.1) is 29.1 Å². The summed E-state index contributed by atoms with van der Waals surface area (Å²) < 4.78 is 7.05. The number of fused-ring (bicyclic) bond motifs is 2. The molecule has 3 aliphatic carbocycles. The zero-order valence-corrected chi connectivity index (χ0v) is 24.6. The van der Waals surface area contributed by atoms with Crippen LogP contribution >= 0.6 is 15.9 Å². The van der Waals surface area contributed by atoms with E-state index in [0.717, 1.165) is 19.3 Å². The van der Waals surface area contributed by atoms with Gasteiger partial charge >= 0.3 is 6.09 Å². The average Bonchev–Trinajstić information content (AvgIpc) is 2.82. The van der Waals surface area contributed by atoms with E-state index in [4.69, 9.17) is 4.74 Å². The van der Waals surface area contributed by atoms with Crippen LogP contribution in [0.3, 0.4) is 0 Å². The molecule has 4 fully saturated rings. The summed E-state index contributed by atoms with van der Waals surface area (Å²) in [6, 6.07) is 0.315. The summed E-state index contributed by atoms with van der Waals surface area (Å²) in [6.45, 7) is 14.2. The zero-order valence-electron chi connectivity index (χ0n) is 23.0. The molecular formula is C27H42BrN5O4. The van der Waals surface area contributed by atoms with Gasteiger partial charge in [-0.25, -0.2) is 9.48 Å². The summed E-state index contributed by atoms with van der Waals surface area (Å²) in [7, 11) is 0. The van der Waals surface area contributed by atoms with Gasteiger partial charge < -0.3 is 20.3 Å². The normalized spacial score (nSPS) is 27.3. The third kappa shape index (κ3) is 6.15. The molecule has 1 aromatic heterocycles. The summed E-state index contributed by atoms with van der Waals surface area (Å²) >= 11 is 3.44. The highest BCUT2D eigenvalue weighted by Crippen LogP contribution is 2.61. The molecule has 2 amide bonds. The SMILES string of the molecule is C[C@H]1[C@H]2C[C@H](C[C@H]1Nc1cnn(CC(=O)NCC3CCN(C(=O)OC(C)(C)C)CC3)c(=O)c1Br)C2(C)C. The van der Waals surface area contributed by atoms with Crippen molar-refractivity contribution in [3.05, 3.63) is 21.0 Å². The van der Waals surface area contributed by atoms with E-state index in [1.54, 1.807) is 11.1 Å². The Labute approximate surface area is 228 Å². The fraction of sp³-hybridized carbons (Fsp3) is 0.778. The van der Waals surface area contributed by atoms with Gasteiger partial charge in [0.1, 0.15) is 16.6 Å². The molecule has 1 aliphatic heterocycles. The molecule has 0 radical (unpaired) electrons. The lowest BCUT2D eigenvalue weighted by atomic mass is 9.45. The molecule has 0 spiro atoms. The smallest absolute Gasteiger partial charge is 0.410 e. The van der Waals surface area contributed by atoms with Gasteiger partial charge in [-0.2, -0.15) is 5.10 Å². The van der Waals surface area contributed by atoms with Crippen molar-refractivity contribution in [3.63, 3.8) is 0 Å². The minimum absolute atomic E-state index is 0.132. The van der Waals surface area contributed by atoms with Gasteiger partial charge in [0.2, 0.25) is 5.91 Å². The average molecular weight is 581 g/mol. The molecule has 2 heterocycles. The Balaban J connectivity index is 1.25. The van der Waals surface area contributed by atoms with Gasteiger partial charge in [-0.3, -0.25) is 9.59 Å². The molecule has 0 unspecified atom stereocenters. The molecule has 5 rings (SSSR count). The number of carbonyl (C=O) groups excluding carboxylic acids is 2. The fourth-order valence-corrected chi connectivity index (χ4v) is 6.74. The summed E-state index contributed by atoms with van der Waals surface area (Å²) in [6.07, 6.45) is 5.33. The largest absolute Gasteiger partial charge is 0.444 e. The molecule has 4 atom stereocenters. The number of amides is 2. The lowest BCUT2D eigenvalue weighted by Crippen LogP contribution is -2.58. The van der Waals surface area contributed by atoms with Gasteiger partial charge in [0, 0.05) is 25.7 Å². The summed E-state index contributed by atoms with van der Waals surface area (Å²) in [5.41, 5.74) is 0.260. The standard InChI is InChI=1S/C27H42BrN5O4/c1-16-19-11-18(27(19,5)6)12-20(16)31-21-14-30-33(24(35)23(21)28)15-22(34)29-13-17-7-9-32(10-8-17)25(36)37-26(2,3)4/h14,16-20,31H,7-13,15H2,1-6H3,(H,29,34)/t16-,18+,19+,20+/m0/s1. The molecule has 9 nitrogen and oxygen atoms in total. The van der Waals surface area contributed by atoms with Crippen LogP contribution < -0.4 is 16.2 Å². The van der Waals surface area contributed by atoms with Crippen LogP contribution in [0.2, 0.25) is 0 Å². The van der Waals surface area contributed by atoms with E-state index in [-0.39, 0.29) is 30.0 Å². The van der Waals surface area contributed by atoms with Crippen LogP contribution in [-0.4, -0.2) is 58.0 Å². The molecule has 0 aromatic carbocycles. The number of rotatable bonds is 6. The Kier molecular flexibility index (Phi) is 7.98. The van der Waals surface area contributed by atoms with Crippen LogP contribution in [0.4, 0.5) is 10.5 Å². The van der Waals surface area contributed by atoms with Crippen molar-refractivity contribution < 1.29 is 14.3 Å². The van der Waals surface area contributed by atoms with Crippen molar-refractivity contribution in [1.29, 1.82) is 0 Å². The van der Waals surface area contributed by atoms with Gasteiger partial charge in [-0.15, -0.1) is 0 Å². The fourth-order valence-electron chi connectivity index (χ4n) is 6.31. The number of nitrogens with one attached hydrogen (secondary N) is 2. The number of nitrogens with zero attached hydrogens (tertiary/aromatic N) is 3. The van der Waals surface area contributed by atoms with Gasteiger partial charge in [0.25, 0.3) is 5.56 Å². The van der Waals surface area contributed by atoms with Gasteiger partial charge in [-0.1, -0.05) is 20.8 Å². The van der Waals surface area contributed by atoms with Crippen LogP contribution in [0.5, 0.6) is 0 Å². The second kappa shape index (κ2) is 10.6. The molecule has 1 saturated heterocycles. The molecule has 2 N–H and O–H groups in total. The first-order chi connectivity index (χ1) is 17.3. The quantitative estimate of drug-likeness (QED) is 0.522. The molecule has 37 heavy (non-hydrogen) atoms. The van der Waals surface area contributed by atoms with Crippen molar-refractivity contribution in [1.82, 2.24) is 20.0 Å². The number of hydrogen-bond donors (Lipinski definition) is 2. The summed E-state index contributed by atoms with van der Waals surface area (Å²) in [5.74, 6) is 1.96. The maximum Gasteiger partial charge on any atom is 0.410 e. The van der Waals surface area contributed by atoms with Gasteiger partial charge in [-0.05, 0) is 91.5 Å². The third-order valence-electron chi connectivity index (χ3n) is 8.83. The lowest BCUT2D eigenvalue weighted by molar-refractivity contribution is -0.122. The molecular weight excluding hydrogens is 538 g/mol. The van der Waals surface area contributed by atoms with Crippen LogP contribution in [0.1, 0.15) is 67.2 Å². The first-order valence-electron chi connectivity index (χ1n) is 13.5. The Morgan fingerprint density at radius 3 is 2.49 bits per heavy atom. The summed E-state index contributed by atoms with van der Waals surface area (Å²) in [4.78, 5) is 39.4. The van der Waals surface area contributed by atoms with Crippen molar-refractivity contribution in [2.45, 2.75) is 85.4 Å². The Morgan fingerprint density at radius 1 is 1.22 bits per heavy atom. The first kappa shape index (κ1) is 27.9. The number of ether oxygens (including phenoxy) is 1. The van der Waals surface area contributed by atoms with E-state index in [1.165, 1.54) is 11.1 Å². The van der Waals surface area contributed by atoms with Crippen LogP contribution in [0.25, 0.3) is 0 Å². The van der Waals surface area contributed by atoms with Crippen molar-refractivity contribution >= 4 is 33.6 Å². The number of halogens is 1. The first-order valence-corrected chi connectivity index (χ1v) is 14.3. The monoisotopic (exact) mass is 579 g/mol. The van der Waals surface area contributed by atoms with Crippen LogP contribution in [-0.2, 0) is 16.1 Å². The maximum absolute atomic E-state index is 12.9. The van der Waals surface area contributed by atoms with Crippen molar-refractivity contribution in [2.24, 2.45) is 29.1 Å². The number of likely N-dealkylation sites (tertiary alicyclic amines) is 1. The predicted molar refractivity (Wildman–Crippen MR) is 146 cm³/mol. The van der Waals surface area contributed by atoms with E-state index < -0.39 is 5.60 Å². The van der Waals surface area contributed by atoms with Gasteiger partial charge in [0.15, 0.2) is 0 Å². The van der Waals surface area contributed by atoms with E-state index in [1.807, 2.05) is 20.8 Å².